The van der Waals surface area contributed by atoms with Crippen molar-refractivity contribution < 1.29 is 14.7 Å². The maximum atomic E-state index is 12.4. The van der Waals surface area contributed by atoms with Crippen LogP contribution in [-0.4, -0.2) is 28.8 Å². The molecule has 0 aliphatic carbocycles. The number of carboxylic acid groups (broad SMARTS) is 1. The number of carboxylic acids is 1. The molecule has 2 aromatic carbocycles. The molecule has 0 aliphatic heterocycles. The summed E-state index contributed by atoms with van der Waals surface area (Å²) in [6, 6.07) is 14.4. The van der Waals surface area contributed by atoms with E-state index in [1.54, 1.807) is 11.8 Å². The van der Waals surface area contributed by atoms with Crippen molar-refractivity contribution in [1.82, 2.24) is 5.32 Å². The summed E-state index contributed by atoms with van der Waals surface area (Å²) < 4.78 is 0. The van der Waals surface area contributed by atoms with E-state index < -0.39 is 5.97 Å². The molecule has 0 saturated carbocycles. The highest BCUT2D eigenvalue weighted by molar-refractivity contribution is 7.99. The van der Waals surface area contributed by atoms with E-state index in [4.69, 9.17) is 5.11 Å². The lowest BCUT2D eigenvalue weighted by molar-refractivity contribution is -0.137. The Morgan fingerprint density at radius 3 is 2.22 bits per heavy atom. The number of hydrogen-bond donors (Lipinski definition) is 2. The van der Waals surface area contributed by atoms with E-state index in [0.717, 1.165) is 17.7 Å². The highest BCUT2D eigenvalue weighted by Gasteiger charge is 2.15. The Kier molecular flexibility index (Phi) is 12.9. The lowest BCUT2D eigenvalue weighted by Gasteiger charge is -2.18. The van der Waals surface area contributed by atoms with Gasteiger partial charge in [-0.05, 0) is 35.7 Å². The van der Waals surface area contributed by atoms with Gasteiger partial charge in [-0.1, -0.05) is 88.6 Å². The molecule has 0 unspecified atom stereocenters. The molecule has 2 rings (SSSR count). The number of nitrogens with one attached hydrogen (secondary N) is 1. The first kappa shape index (κ1) is 26.2. The van der Waals surface area contributed by atoms with Crippen molar-refractivity contribution in [2.45, 2.75) is 94.9 Å². The molecule has 0 fully saturated rings. The van der Waals surface area contributed by atoms with E-state index in [0.29, 0.717) is 18.6 Å². The summed E-state index contributed by atoms with van der Waals surface area (Å²) in [5, 5.41) is 14.5. The number of carbonyl (C=O) groups excluding carboxylic acids is 1. The number of aliphatic carboxylic acids is 1. The van der Waals surface area contributed by atoms with Gasteiger partial charge in [0.2, 0.25) is 5.91 Å². The minimum atomic E-state index is -0.820. The molecule has 5 heteroatoms. The Hall–Kier alpha value is -2.01. The van der Waals surface area contributed by atoms with Crippen molar-refractivity contribution in [3.8, 4) is 0 Å². The number of fused-ring (bicyclic) bond motifs is 1. The first-order chi connectivity index (χ1) is 15.6. The molecule has 0 heterocycles. The highest BCUT2D eigenvalue weighted by atomic mass is 32.2. The van der Waals surface area contributed by atoms with Gasteiger partial charge in [-0.25, -0.2) is 0 Å². The number of hydrogen-bond acceptors (Lipinski definition) is 3. The predicted molar refractivity (Wildman–Crippen MR) is 135 cm³/mol. The van der Waals surface area contributed by atoms with Crippen LogP contribution in [0.4, 0.5) is 0 Å². The number of amides is 1. The molecule has 0 bridgehead atoms. The van der Waals surface area contributed by atoms with E-state index in [2.05, 4.69) is 42.6 Å². The zero-order valence-electron chi connectivity index (χ0n) is 19.5. The van der Waals surface area contributed by atoms with E-state index in [9.17, 15) is 9.59 Å². The van der Waals surface area contributed by atoms with Gasteiger partial charge in [0.15, 0.2) is 0 Å². The standard InChI is InChI=1S/C27H39NO3S/c1-2-3-4-5-6-7-8-9-10-15-26(29)28-24(17-19-27(30)31)21-32-25-18-16-22-13-11-12-14-23(22)20-25/h11-14,16,18,20,24H,2-10,15,17,19,21H2,1H3,(H,28,29)(H,30,31)/t24-/m0/s1. The van der Waals surface area contributed by atoms with Crippen LogP contribution in [0.25, 0.3) is 10.8 Å². The fourth-order valence-corrected chi connectivity index (χ4v) is 4.86. The zero-order valence-corrected chi connectivity index (χ0v) is 20.3. The van der Waals surface area contributed by atoms with Crippen molar-refractivity contribution >= 4 is 34.4 Å². The smallest absolute Gasteiger partial charge is 0.303 e. The lowest BCUT2D eigenvalue weighted by Crippen LogP contribution is -2.37. The first-order valence-electron chi connectivity index (χ1n) is 12.2. The van der Waals surface area contributed by atoms with E-state index in [-0.39, 0.29) is 18.4 Å². The zero-order chi connectivity index (χ0) is 23.0. The van der Waals surface area contributed by atoms with E-state index >= 15 is 0 Å². The first-order valence-corrected chi connectivity index (χ1v) is 13.2. The second-order valence-electron chi connectivity index (χ2n) is 8.60. The summed E-state index contributed by atoms with van der Waals surface area (Å²) in [6.07, 6.45) is 12.1. The molecule has 0 radical (unpaired) electrons. The van der Waals surface area contributed by atoms with Gasteiger partial charge >= 0.3 is 5.97 Å². The number of thioether (sulfide) groups is 1. The van der Waals surface area contributed by atoms with Crippen LogP contribution in [0.5, 0.6) is 0 Å². The second-order valence-corrected chi connectivity index (χ2v) is 9.69. The van der Waals surface area contributed by atoms with Crippen LogP contribution < -0.4 is 5.32 Å². The highest BCUT2D eigenvalue weighted by Crippen LogP contribution is 2.25. The Morgan fingerprint density at radius 1 is 0.875 bits per heavy atom. The molecule has 2 aromatic rings. The van der Waals surface area contributed by atoms with Gasteiger partial charge in [0.05, 0.1) is 0 Å². The molecule has 0 spiro atoms. The average Bonchev–Trinajstić information content (AvgIpc) is 2.79. The Labute approximate surface area is 197 Å². The van der Waals surface area contributed by atoms with Crippen molar-refractivity contribution in [2.24, 2.45) is 0 Å². The molecule has 4 nitrogen and oxygen atoms in total. The number of benzene rings is 2. The van der Waals surface area contributed by atoms with Crippen molar-refractivity contribution in [3.63, 3.8) is 0 Å². The van der Waals surface area contributed by atoms with Gasteiger partial charge in [0, 0.05) is 29.5 Å². The predicted octanol–water partition coefficient (Wildman–Crippen LogP) is 7.20. The Bertz CT molecular complexity index is 823. The van der Waals surface area contributed by atoms with Crippen LogP contribution in [-0.2, 0) is 9.59 Å². The minimum Gasteiger partial charge on any atom is -0.481 e. The molecule has 176 valence electrons. The molecule has 0 saturated heterocycles. The molecule has 0 aromatic heterocycles. The minimum absolute atomic E-state index is 0.0439. The third-order valence-electron chi connectivity index (χ3n) is 5.75. The maximum absolute atomic E-state index is 12.4. The van der Waals surface area contributed by atoms with Crippen LogP contribution in [0.15, 0.2) is 47.4 Å². The maximum Gasteiger partial charge on any atom is 0.303 e. The summed E-state index contributed by atoms with van der Waals surface area (Å²) >= 11 is 1.67. The van der Waals surface area contributed by atoms with E-state index in [1.807, 2.05) is 12.1 Å². The largest absolute Gasteiger partial charge is 0.481 e. The number of rotatable bonds is 17. The van der Waals surface area contributed by atoms with Crippen LogP contribution in [0.3, 0.4) is 0 Å². The molecule has 2 N–H and O–H groups in total. The van der Waals surface area contributed by atoms with Crippen LogP contribution >= 0.6 is 11.8 Å². The normalized spacial score (nSPS) is 12.0. The third-order valence-corrected chi connectivity index (χ3v) is 6.91. The SMILES string of the molecule is CCCCCCCCCCCC(=O)N[C@@H](CCC(=O)O)CSc1ccc2ccccc2c1. The molecule has 1 atom stereocenters. The van der Waals surface area contributed by atoms with Gasteiger partial charge < -0.3 is 10.4 Å². The quantitative estimate of drug-likeness (QED) is 0.195. The summed E-state index contributed by atoms with van der Waals surface area (Å²) in [7, 11) is 0. The molecule has 32 heavy (non-hydrogen) atoms. The Balaban J connectivity index is 1.71. The third kappa shape index (κ3) is 11.0. The van der Waals surface area contributed by atoms with Gasteiger partial charge in [0.25, 0.3) is 0 Å². The molecular weight excluding hydrogens is 418 g/mol. The van der Waals surface area contributed by atoms with Crippen molar-refractivity contribution in [1.29, 1.82) is 0 Å². The lowest BCUT2D eigenvalue weighted by atomic mass is 10.1. The topological polar surface area (TPSA) is 66.4 Å². The summed E-state index contributed by atoms with van der Waals surface area (Å²) in [5.74, 6) is -0.101. The second kappa shape index (κ2) is 15.7. The summed E-state index contributed by atoms with van der Waals surface area (Å²) in [6.45, 7) is 2.24. The van der Waals surface area contributed by atoms with Crippen LogP contribution in [0, 0.1) is 0 Å². The number of unbranched alkanes of at least 4 members (excludes halogenated alkanes) is 8. The molecule has 1 amide bonds. The van der Waals surface area contributed by atoms with Gasteiger partial charge in [-0.3, -0.25) is 9.59 Å². The van der Waals surface area contributed by atoms with Crippen molar-refractivity contribution in [3.05, 3.63) is 42.5 Å². The van der Waals surface area contributed by atoms with Gasteiger partial charge in [0.1, 0.15) is 0 Å². The monoisotopic (exact) mass is 457 g/mol. The summed E-state index contributed by atoms with van der Waals surface area (Å²) in [5.41, 5.74) is 0. The number of carbonyl (C=O) groups is 2. The fourth-order valence-electron chi connectivity index (χ4n) is 3.84. The van der Waals surface area contributed by atoms with E-state index in [1.165, 1.54) is 55.7 Å². The Morgan fingerprint density at radius 2 is 1.53 bits per heavy atom. The van der Waals surface area contributed by atoms with Gasteiger partial charge in [-0.15, -0.1) is 11.8 Å². The molecular formula is C27H39NO3S. The average molecular weight is 458 g/mol. The van der Waals surface area contributed by atoms with Crippen molar-refractivity contribution in [2.75, 3.05) is 5.75 Å². The molecule has 0 aliphatic rings. The van der Waals surface area contributed by atoms with Crippen LogP contribution in [0.1, 0.15) is 84.0 Å². The fraction of sp³-hybridized carbons (Fsp3) is 0.556. The van der Waals surface area contributed by atoms with Crippen LogP contribution in [0.2, 0.25) is 0 Å². The van der Waals surface area contributed by atoms with Gasteiger partial charge in [-0.2, -0.15) is 0 Å². The summed E-state index contributed by atoms with van der Waals surface area (Å²) in [4.78, 5) is 24.6.